The van der Waals surface area contributed by atoms with Crippen LogP contribution in [-0.4, -0.2) is 50.2 Å². The van der Waals surface area contributed by atoms with Crippen LogP contribution in [0.2, 0.25) is 0 Å². The summed E-state index contributed by atoms with van der Waals surface area (Å²) < 4.78 is 11.3. The maximum Gasteiger partial charge on any atom is 0.339 e. The molecular formula is C25H27N2O7P. The molecule has 10 heteroatoms. The summed E-state index contributed by atoms with van der Waals surface area (Å²) in [5, 5.41) is 24.7. The number of carboxylic acids is 1. The van der Waals surface area contributed by atoms with Crippen LogP contribution in [0.3, 0.4) is 0 Å². The van der Waals surface area contributed by atoms with Gasteiger partial charge in [0.2, 0.25) is 5.91 Å². The molecule has 0 aliphatic rings. The van der Waals surface area contributed by atoms with Crippen molar-refractivity contribution in [2.45, 2.75) is 24.9 Å². The van der Waals surface area contributed by atoms with Crippen molar-refractivity contribution in [1.29, 1.82) is 0 Å². The molecule has 0 bridgehead atoms. The van der Waals surface area contributed by atoms with E-state index in [0.717, 1.165) is 11.1 Å². The lowest BCUT2D eigenvalue weighted by atomic mass is 10.00. The van der Waals surface area contributed by atoms with Gasteiger partial charge in [0, 0.05) is 12.8 Å². The summed E-state index contributed by atoms with van der Waals surface area (Å²) in [4.78, 5) is 43.3. The van der Waals surface area contributed by atoms with Crippen molar-refractivity contribution in [3.63, 3.8) is 0 Å². The molecule has 0 aliphatic heterocycles. The fraction of sp³-hybridized carbons (Fsp3) is 0.200. The zero-order chi connectivity index (χ0) is 25.4. The monoisotopic (exact) mass is 498 g/mol. The van der Waals surface area contributed by atoms with Gasteiger partial charge in [-0.15, -0.1) is 0 Å². The van der Waals surface area contributed by atoms with Crippen molar-refractivity contribution in [2.24, 2.45) is 0 Å². The molecule has 0 aliphatic carbocycles. The smallest absolute Gasteiger partial charge is 0.339 e. The fourth-order valence-corrected chi connectivity index (χ4v) is 4.02. The number of phenols is 1. The number of benzene rings is 3. The number of carboxylic acid groups (broad SMARTS) is 1. The molecule has 0 saturated heterocycles. The summed E-state index contributed by atoms with van der Waals surface area (Å²) in [6.45, 7) is 0. The van der Waals surface area contributed by atoms with Crippen LogP contribution in [0.5, 0.6) is 5.75 Å². The first-order valence-electron chi connectivity index (χ1n) is 10.8. The number of nitrogens with one attached hydrogen (secondary N) is 2. The van der Waals surface area contributed by atoms with E-state index in [-0.39, 0.29) is 18.6 Å². The normalized spacial score (nSPS) is 13.1. The average molecular weight is 498 g/mol. The third-order valence-corrected chi connectivity index (χ3v) is 5.99. The van der Waals surface area contributed by atoms with Gasteiger partial charge in [-0.1, -0.05) is 72.8 Å². The molecule has 3 rings (SSSR count). The van der Waals surface area contributed by atoms with E-state index in [9.17, 15) is 34.2 Å². The second kappa shape index (κ2) is 11.8. The van der Waals surface area contributed by atoms with Crippen LogP contribution in [-0.2, 0) is 27.0 Å². The quantitative estimate of drug-likeness (QED) is 0.220. The Hall–Kier alpha value is -3.49. The summed E-state index contributed by atoms with van der Waals surface area (Å²) >= 11 is 0. The Bertz CT molecular complexity index is 1200. The average Bonchev–Trinajstić information content (AvgIpc) is 2.82. The Kier molecular flexibility index (Phi) is 8.78. The number of hydrogen-bond donors (Lipinski definition) is 6. The van der Waals surface area contributed by atoms with Gasteiger partial charge in [-0.3, -0.25) is 14.7 Å². The number of phenolic OH excluding ortho intramolecular Hbond substituents is 1. The molecular weight excluding hydrogens is 471 g/mol. The molecule has 6 N–H and O–H groups in total. The van der Waals surface area contributed by atoms with Crippen molar-refractivity contribution >= 4 is 19.5 Å². The Labute approximate surface area is 202 Å². The molecule has 2 atom stereocenters. The third kappa shape index (κ3) is 8.05. The Morgan fingerprint density at radius 1 is 0.800 bits per heavy atom. The van der Waals surface area contributed by atoms with Gasteiger partial charge in [0.15, 0.2) is 0 Å². The van der Waals surface area contributed by atoms with E-state index in [1.165, 1.54) is 6.07 Å². The number of amides is 1. The van der Waals surface area contributed by atoms with Gasteiger partial charge in [-0.25, -0.2) is 4.79 Å². The number of carbonyl (C=O) groups excluding carboxylic acids is 1. The molecule has 35 heavy (non-hydrogen) atoms. The summed E-state index contributed by atoms with van der Waals surface area (Å²) in [7, 11) is -4.48. The topological polar surface area (TPSA) is 156 Å². The van der Waals surface area contributed by atoms with E-state index in [0.29, 0.717) is 11.1 Å². The SMILES string of the molecule is O=C(O)[C@H](Cc1ccc(-c2ccccc2)cc1)NC(=O)[C@H](Cc1ccccc1O)NCP(=O)(O)O. The molecule has 1 amide bonds. The summed E-state index contributed by atoms with van der Waals surface area (Å²) in [6.07, 6.45) is -0.869. The van der Waals surface area contributed by atoms with E-state index in [1.54, 1.807) is 30.3 Å². The first kappa shape index (κ1) is 26.1. The number of rotatable bonds is 11. The highest BCUT2D eigenvalue weighted by atomic mass is 31.2. The highest BCUT2D eigenvalue weighted by molar-refractivity contribution is 7.51. The number of hydrogen-bond acceptors (Lipinski definition) is 5. The van der Waals surface area contributed by atoms with Crippen LogP contribution in [0.1, 0.15) is 11.1 Å². The molecule has 0 aromatic heterocycles. The number of aliphatic carboxylic acids is 1. The fourth-order valence-electron chi connectivity index (χ4n) is 3.56. The molecule has 3 aromatic rings. The highest BCUT2D eigenvalue weighted by Crippen LogP contribution is 2.32. The lowest BCUT2D eigenvalue weighted by Gasteiger charge is -2.22. The van der Waals surface area contributed by atoms with Gasteiger partial charge in [0.1, 0.15) is 11.8 Å². The molecule has 0 radical (unpaired) electrons. The molecule has 3 aromatic carbocycles. The first-order valence-corrected chi connectivity index (χ1v) is 12.6. The molecule has 0 fully saturated rings. The predicted molar refractivity (Wildman–Crippen MR) is 131 cm³/mol. The summed E-state index contributed by atoms with van der Waals surface area (Å²) in [5.41, 5.74) is 3.05. The maximum absolute atomic E-state index is 12.9. The standard InChI is InChI=1S/C25H27N2O7P/c28-23-9-5-4-8-20(23)15-21(26-16-35(32,33)34)24(29)27-22(25(30)31)14-17-10-12-19(13-11-17)18-6-2-1-3-7-18/h1-13,21-22,26,28H,14-16H2,(H,27,29)(H,30,31)(H2,32,33,34)/t21-,22-/m0/s1. The lowest BCUT2D eigenvalue weighted by Crippen LogP contribution is -2.52. The van der Waals surface area contributed by atoms with Gasteiger partial charge in [-0.05, 0) is 28.3 Å². The van der Waals surface area contributed by atoms with Crippen LogP contribution in [0.4, 0.5) is 0 Å². The van der Waals surface area contributed by atoms with Crippen LogP contribution in [0.25, 0.3) is 11.1 Å². The number of carbonyl (C=O) groups is 2. The molecule has 9 nitrogen and oxygen atoms in total. The minimum absolute atomic E-state index is 0.0118. The van der Waals surface area contributed by atoms with E-state index in [1.807, 2.05) is 42.5 Å². The maximum atomic E-state index is 12.9. The largest absolute Gasteiger partial charge is 0.508 e. The van der Waals surface area contributed by atoms with Crippen LogP contribution in [0.15, 0.2) is 78.9 Å². The van der Waals surface area contributed by atoms with Crippen molar-refractivity contribution < 1.29 is 34.2 Å². The highest BCUT2D eigenvalue weighted by Gasteiger charge is 2.28. The molecule has 0 spiro atoms. The minimum Gasteiger partial charge on any atom is -0.508 e. The Morgan fingerprint density at radius 3 is 2.00 bits per heavy atom. The van der Waals surface area contributed by atoms with E-state index < -0.39 is 37.8 Å². The summed E-state index contributed by atoms with van der Waals surface area (Å²) in [6, 6.07) is 20.8. The van der Waals surface area contributed by atoms with E-state index in [4.69, 9.17) is 0 Å². The molecule has 0 saturated carbocycles. The van der Waals surface area contributed by atoms with Gasteiger partial charge in [0.05, 0.1) is 12.3 Å². The first-order chi connectivity index (χ1) is 16.6. The third-order valence-electron chi connectivity index (χ3n) is 5.39. The molecule has 0 unspecified atom stereocenters. The van der Waals surface area contributed by atoms with Gasteiger partial charge >= 0.3 is 13.6 Å². The van der Waals surface area contributed by atoms with Crippen molar-refractivity contribution in [3.8, 4) is 16.9 Å². The zero-order valence-electron chi connectivity index (χ0n) is 18.7. The van der Waals surface area contributed by atoms with Gasteiger partial charge in [-0.2, -0.15) is 0 Å². The van der Waals surface area contributed by atoms with E-state index in [2.05, 4.69) is 10.6 Å². The Morgan fingerprint density at radius 2 is 1.40 bits per heavy atom. The van der Waals surface area contributed by atoms with Crippen molar-refractivity contribution in [3.05, 3.63) is 90.0 Å². The van der Waals surface area contributed by atoms with Crippen LogP contribution in [0, 0.1) is 0 Å². The van der Waals surface area contributed by atoms with Crippen LogP contribution >= 0.6 is 7.60 Å². The Balaban J connectivity index is 1.73. The molecule has 184 valence electrons. The molecule has 0 heterocycles. The van der Waals surface area contributed by atoms with Crippen molar-refractivity contribution in [2.75, 3.05) is 6.29 Å². The van der Waals surface area contributed by atoms with Crippen LogP contribution < -0.4 is 10.6 Å². The van der Waals surface area contributed by atoms with Crippen molar-refractivity contribution in [1.82, 2.24) is 10.6 Å². The number of para-hydroxylation sites is 1. The second-order valence-electron chi connectivity index (χ2n) is 8.08. The van der Waals surface area contributed by atoms with Gasteiger partial charge < -0.3 is 25.3 Å². The summed E-state index contributed by atoms with van der Waals surface area (Å²) in [5.74, 6) is -2.09. The lowest BCUT2D eigenvalue weighted by molar-refractivity contribution is -0.142. The minimum atomic E-state index is -4.48. The van der Waals surface area contributed by atoms with Gasteiger partial charge in [0.25, 0.3) is 0 Å². The second-order valence-corrected chi connectivity index (χ2v) is 9.72. The zero-order valence-corrected chi connectivity index (χ0v) is 19.6. The number of aromatic hydroxyl groups is 1. The predicted octanol–water partition coefficient (Wildman–Crippen LogP) is 2.51. The van der Waals surface area contributed by atoms with E-state index >= 15 is 0 Å².